The summed E-state index contributed by atoms with van der Waals surface area (Å²) in [5.74, 6) is 0. The molecule has 1 aliphatic rings. The van der Waals surface area contributed by atoms with Crippen molar-refractivity contribution in [2.45, 2.75) is 117 Å². The van der Waals surface area contributed by atoms with Crippen LogP contribution in [0.5, 0.6) is 0 Å². The highest BCUT2D eigenvalue weighted by Crippen LogP contribution is 2.22. The minimum Gasteiger partial charge on any atom is -0.356 e. The van der Waals surface area contributed by atoms with Crippen LogP contribution in [-0.2, 0) is 0 Å². The fraction of sp³-hybridized carbons (Fsp3) is 0.909. The zero-order valence-electron chi connectivity index (χ0n) is 16.9. The minimum atomic E-state index is 0.640. The molecule has 1 heterocycles. The molecule has 2 heteroatoms. The van der Waals surface area contributed by atoms with Crippen LogP contribution in [-0.4, -0.2) is 29.1 Å². The second-order valence-electron chi connectivity index (χ2n) is 7.52. The summed E-state index contributed by atoms with van der Waals surface area (Å²) in [6.45, 7) is 9.27. The van der Waals surface area contributed by atoms with Gasteiger partial charge in [0, 0.05) is 25.5 Å². The van der Waals surface area contributed by atoms with Crippen molar-refractivity contribution in [2.24, 2.45) is 0 Å². The highest BCUT2D eigenvalue weighted by Gasteiger charge is 2.23. The molecule has 1 rings (SSSR count). The summed E-state index contributed by atoms with van der Waals surface area (Å²) in [4.78, 5) is 5.14. The van der Waals surface area contributed by atoms with E-state index in [4.69, 9.17) is 0 Å². The van der Waals surface area contributed by atoms with Gasteiger partial charge in [0.1, 0.15) is 6.17 Å². The molecule has 0 bridgehead atoms. The Hall–Kier alpha value is -0.660. The molecule has 0 N–H and O–H groups in total. The Morgan fingerprint density at radius 1 is 0.583 bits per heavy atom. The summed E-state index contributed by atoms with van der Waals surface area (Å²) >= 11 is 0. The Balaban J connectivity index is 2.14. The molecular weight excluding hydrogens is 292 g/mol. The van der Waals surface area contributed by atoms with Gasteiger partial charge in [0.25, 0.3) is 0 Å². The van der Waals surface area contributed by atoms with Crippen molar-refractivity contribution in [3.8, 4) is 0 Å². The van der Waals surface area contributed by atoms with Crippen LogP contribution in [0.4, 0.5) is 0 Å². The second-order valence-corrected chi connectivity index (χ2v) is 7.52. The van der Waals surface area contributed by atoms with Crippen LogP contribution in [0, 0.1) is 0 Å². The smallest absolute Gasteiger partial charge is 0.101 e. The summed E-state index contributed by atoms with van der Waals surface area (Å²) in [5, 5.41) is 0. The summed E-state index contributed by atoms with van der Waals surface area (Å²) < 4.78 is 0. The molecule has 0 radical (unpaired) electrons. The van der Waals surface area contributed by atoms with E-state index in [1.807, 2.05) is 0 Å². The number of nitrogens with zero attached hydrogens (tertiary/aromatic N) is 2. The van der Waals surface area contributed by atoms with Gasteiger partial charge in [-0.2, -0.15) is 0 Å². The van der Waals surface area contributed by atoms with E-state index in [1.165, 1.54) is 96.4 Å². The summed E-state index contributed by atoms with van der Waals surface area (Å²) in [5.41, 5.74) is 0. The Morgan fingerprint density at radius 3 is 1.67 bits per heavy atom. The van der Waals surface area contributed by atoms with E-state index in [2.05, 4.69) is 43.0 Å². The molecule has 1 atom stereocenters. The molecule has 2 nitrogen and oxygen atoms in total. The molecular formula is C22H44N2. The van der Waals surface area contributed by atoms with Crippen LogP contribution in [0.15, 0.2) is 12.4 Å². The van der Waals surface area contributed by atoms with E-state index >= 15 is 0 Å². The first-order valence-corrected chi connectivity index (χ1v) is 11.0. The number of hydrogen-bond donors (Lipinski definition) is 0. The van der Waals surface area contributed by atoms with Crippen molar-refractivity contribution in [1.82, 2.24) is 9.80 Å². The number of rotatable bonds is 16. The molecule has 0 aromatic rings. The van der Waals surface area contributed by atoms with Crippen molar-refractivity contribution in [3.63, 3.8) is 0 Å². The van der Waals surface area contributed by atoms with Crippen LogP contribution >= 0.6 is 0 Å². The standard InChI is InChI=1S/C22H44N2/c1-4-7-9-11-12-13-14-16-18-22-23(6-3)20-21-24(22)19-17-15-10-8-5-2/h20-22H,4-19H2,1-3H3. The molecule has 0 saturated heterocycles. The normalized spacial score (nSPS) is 17.2. The quantitative estimate of drug-likeness (QED) is 0.282. The number of hydrogen-bond acceptors (Lipinski definition) is 2. The molecule has 0 aliphatic carbocycles. The summed E-state index contributed by atoms with van der Waals surface area (Å²) in [7, 11) is 0. The lowest BCUT2D eigenvalue weighted by molar-refractivity contribution is 0.142. The van der Waals surface area contributed by atoms with Gasteiger partial charge in [0.15, 0.2) is 0 Å². The second kappa shape index (κ2) is 14.7. The monoisotopic (exact) mass is 336 g/mol. The van der Waals surface area contributed by atoms with E-state index in [9.17, 15) is 0 Å². The third-order valence-corrected chi connectivity index (χ3v) is 5.42. The van der Waals surface area contributed by atoms with E-state index in [-0.39, 0.29) is 0 Å². The lowest BCUT2D eigenvalue weighted by Gasteiger charge is -2.32. The Kier molecular flexibility index (Phi) is 13.1. The molecule has 1 unspecified atom stereocenters. The van der Waals surface area contributed by atoms with Crippen molar-refractivity contribution < 1.29 is 0 Å². The lowest BCUT2D eigenvalue weighted by Crippen LogP contribution is -2.38. The lowest BCUT2D eigenvalue weighted by atomic mass is 10.1. The van der Waals surface area contributed by atoms with Gasteiger partial charge in [0.05, 0.1) is 0 Å². The van der Waals surface area contributed by atoms with Crippen molar-refractivity contribution in [2.75, 3.05) is 13.1 Å². The van der Waals surface area contributed by atoms with E-state index in [1.54, 1.807) is 0 Å². The van der Waals surface area contributed by atoms with Gasteiger partial charge >= 0.3 is 0 Å². The van der Waals surface area contributed by atoms with Crippen molar-refractivity contribution in [1.29, 1.82) is 0 Å². The molecule has 0 saturated carbocycles. The van der Waals surface area contributed by atoms with E-state index < -0.39 is 0 Å². The zero-order valence-corrected chi connectivity index (χ0v) is 16.9. The number of unbranched alkanes of at least 4 members (excludes halogenated alkanes) is 11. The highest BCUT2D eigenvalue weighted by atomic mass is 15.4. The van der Waals surface area contributed by atoms with Gasteiger partial charge in [-0.25, -0.2) is 0 Å². The molecule has 0 aromatic heterocycles. The van der Waals surface area contributed by atoms with Crippen LogP contribution in [0.1, 0.15) is 111 Å². The first kappa shape index (κ1) is 21.4. The van der Waals surface area contributed by atoms with Crippen LogP contribution in [0.25, 0.3) is 0 Å². The van der Waals surface area contributed by atoms with Crippen LogP contribution in [0.3, 0.4) is 0 Å². The van der Waals surface area contributed by atoms with Gasteiger partial charge in [-0.05, 0) is 26.2 Å². The zero-order chi connectivity index (χ0) is 17.5. The van der Waals surface area contributed by atoms with Gasteiger partial charge in [-0.3, -0.25) is 0 Å². The van der Waals surface area contributed by atoms with Gasteiger partial charge in [-0.1, -0.05) is 84.5 Å². The third kappa shape index (κ3) is 8.99. The maximum Gasteiger partial charge on any atom is 0.101 e. The van der Waals surface area contributed by atoms with Crippen molar-refractivity contribution in [3.05, 3.63) is 12.4 Å². The average Bonchev–Trinajstić information content (AvgIpc) is 2.99. The van der Waals surface area contributed by atoms with Gasteiger partial charge in [0.2, 0.25) is 0 Å². The van der Waals surface area contributed by atoms with E-state index in [0.29, 0.717) is 6.17 Å². The van der Waals surface area contributed by atoms with Crippen LogP contribution in [0.2, 0.25) is 0 Å². The fourth-order valence-electron chi connectivity index (χ4n) is 3.79. The third-order valence-electron chi connectivity index (χ3n) is 5.42. The first-order valence-electron chi connectivity index (χ1n) is 11.0. The highest BCUT2D eigenvalue weighted by molar-refractivity contribution is 4.96. The van der Waals surface area contributed by atoms with Crippen molar-refractivity contribution >= 4 is 0 Å². The SMILES string of the molecule is CCCCCCCCCCC1N(CC)C=CN1CCCCCCC. The van der Waals surface area contributed by atoms with Crippen LogP contribution < -0.4 is 0 Å². The maximum absolute atomic E-state index is 2.61. The Labute approximate surface area is 152 Å². The van der Waals surface area contributed by atoms with Gasteiger partial charge in [-0.15, -0.1) is 0 Å². The minimum absolute atomic E-state index is 0.640. The predicted molar refractivity (Wildman–Crippen MR) is 108 cm³/mol. The molecule has 1 aliphatic heterocycles. The molecule has 0 fully saturated rings. The molecule has 24 heavy (non-hydrogen) atoms. The topological polar surface area (TPSA) is 6.48 Å². The average molecular weight is 337 g/mol. The van der Waals surface area contributed by atoms with E-state index in [0.717, 1.165) is 6.54 Å². The predicted octanol–water partition coefficient (Wildman–Crippen LogP) is 6.92. The molecule has 0 spiro atoms. The molecule has 142 valence electrons. The molecule has 0 amide bonds. The summed E-state index contributed by atoms with van der Waals surface area (Å²) in [6, 6.07) is 0. The first-order chi connectivity index (χ1) is 11.8. The largest absolute Gasteiger partial charge is 0.356 e. The maximum atomic E-state index is 2.61. The fourth-order valence-corrected chi connectivity index (χ4v) is 3.79. The van der Waals surface area contributed by atoms with Gasteiger partial charge < -0.3 is 9.80 Å². The molecule has 0 aromatic carbocycles. The Bertz CT molecular complexity index is 300. The Morgan fingerprint density at radius 2 is 1.08 bits per heavy atom. The summed E-state index contributed by atoms with van der Waals surface area (Å²) in [6.07, 6.45) is 24.9.